The van der Waals surface area contributed by atoms with E-state index in [0.717, 1.165) is 50.2 Å². The van der Waals surface area contributed by atoms with E-state index in [1.165, 1.54) is 53.6 Å². The standard InChI is InChI=1S/C40H61N7/c1-38(2,3)32-19-34(26-41-25-32)47(10)17-16-46(9)27-29-18-28(29)23-43-36-21-35(39(4,5)6)30(24-44-36)22-40(7,8)31-14-15-42-37(20-31)45-33-12-11-13-33/h14-15,19-21,24-26,28-29,33H,11-13,16-18,22-23,27H2,1-10H3,(H,42,45)(H,43,44). The van der Waals surface area contributed by atoms with Crippen LogP contribution < -0.4 is 15.5 Å². The van der Waals surface area contributed by atoms with E-state index in [-0.39, 0.29) is 16.2 Å². The smallest absolute Gasteiger partial charge is 0.126 e. The largest absolute Gasteiger partial charge is 0.372 e. The molecule has 0 radical (unpaired) electrons. The van der Waals surface area contributed by atoms with Gasteiger partial charge in [-0.15, -0.1) is 0 Å². The fourth-order valence-corrected chi connectivity index (χ4v) is 6.70. The molecule has 256 valence electrons. The number of hydrogen-bond donors (Lipinski definition) is 2. The van der Waals surface area contributed by atoms with E-state index in [1.54, 1.807) is 0 Å². The lowest BCUT2D eigenvalue weighted by molar-refractivity contribution is 0.321. The zero-order valence-corrected chi connectivity index (χ0v) is 31.0. The molecule has 3 aromatic heterocycles. The van der Waals surface area contributed by atoms with E-state index >= 15 is 0 Å². The normalized spacial score (nSPS) is 18.6. The molecule has 2 atom stereocenters. The highest BCUT2D eigenvalue weighted by molar-refractivity contribution is 5.48. The van der Waals surface area contributed by atoms with Crippen LogP contribution in [0.5, 0.6) is 0 Å². The van der Waals surface area contributed by atoms with Gasteiger partial charge in [0.1, 0.15) is 11.6 Å². The summed E-state index contributed by atoms with van der Waals surface area (Å²) in [6.07, 6.45) is 14.1. The highest BCUT2D eigenvalue weighted by atomic mass is 15.2. The van der Waals surface area contributed by atoms with E-state index in [2.05, 4.69) is 130 Å². The van der Waals surface area contributed by atoms with E-state index in [4.69, 9.17) is 4.98 Å². The van der Waals surface area contributed by atoms with Gasteiger partial charge in [0.15, 0.2) is 0 Å². The molecular formula is C40H61N7. The average molecular weight is 640 g/mol. The molecule has 47 heavy (non-hydrogen) atoms. The Morgan fingerprint density at radius 2 is 1.57 bits per heavy atom. The molecule has 0 aromatic carbocycles. The monoisotopic (exact) mass is 639 g/mol. The lowest BCUT2D eigenvalue weighted by atomic mass is 9.75. The van der Waals surface area contributed by atoms with E-state index in [0.29, 0.717) is 12.0 Å². The van der Waals surface area contributed by atoms with Crippen LogP contribution in [0.15, 0.2) is 49.1 Å². The van der Waals surface area contributed by atoms with Crippen LogP contribution in [0.4, 0.5) is 17.3 Å². The summed E-state index contributed by atoms with van der Waals surface area (Å²) in [5, 5.41) is 7.33. The Morgan fingerprint density at radius 3 is 2.26 bits per heavy atom. The van der Waals surface area contributed by atoms with Gasteiger partial charge >= 0.3 is 0 Å². The van der Waals surface area contributed by atoms with Crippen molar-refractivity contribution in [2.45, 2.75) is 110 Å². The van der Waals surface area contributed by atoms with Crippen molar-refractivity contribution in [1.29, 1.82) is 0 Å². The van der Waals surface area contributed by atoms with E-state index in [1.807, 2.05) is 18.6 Å². The lowest BCUT2D eigenvalue weighted by Gasteiger charge is -2.31. The third-order valence-corrected chi connectivity index (χ3v) is 10.4. The summed E-state index contributed by atoms with van der Waals surface area (Å²) in [4.78, 5) is 18.9. The molecule has 5 rings (SSSR count). The molecule has 2 aliphatic carbocycles. The first-order valence-corrected chi connectivity index (χ1v) is 17.9. The van der Waals surface area contributed by atoms with Crippen molar-refractivity contribution in [1.82, 2.24) is 19.9 Å². The molecule has 7 nitrogen and oxygen atoms in total. The molecule has 2 saturated carbocycles. The van der Waals surface area contributed by atoms with Crippen LogP contribution in [0, 0.1) is 11.8 Å². The summed E-state index contributed by atoms with van der Waals surface area (Å²) in [7, 11) is 4.44. The summed E-state index contributed by atoms with van der Waals surface area (Å²) in [6, 6.07) is 9.61. The SMILES string of the molecule is CN(CCN(C)c1cncc(C(C)(C)C)c1)CC1CC1CNc1cc(C(C)(C)C)c(CC(C)(C)c2ccnc(NC3CCC3)c2)cn1. The molecule has 3 heterocycles. The van der Waals surface area contributed by atoms with Crippen LogP contribution in [0.3, 0.4) is 0 Å². The zero-order valence-electron chi connectivity index (χ0n) is 31.0. The molecule has 7 heteroatoms. The number of nitrogens with one attached hydrogen (secondary N) is 2. The van der Waals surface area contributed by atoms with Gasteiger partial charge < -0.3 is 20.4 Å². The van der Waals surface area contributed by atoms with E-state index in [9.17, 15) is 0 Å². The maximum absolute atomic E-state index is 4.93. The van der Waals surface area contributed by atoms with Crippen LogP contribution in [0.2, 0.25) is 0 Å². The zero-order chi connectivity index (χ0) is 34.0. The third kappa shape index (κ3) is 9.46. The second-order valence-corrected chi connectivity index (χ2v) is 17.2. The lowest BCUT2D eigenvalue weighted by Crippen LogP contribution is -2.32. The molecule has 0 aliphatic heterocycles. The van der Waals surface area contributed by atoms with Crippen LogP contribution in [0.1, 0.15) is 103 Å². The minimum Gasteiger partial charge on any atom is -0.372 e. The Balaban J connectivity index is 1.12. The molecule has 2 unspecified atom stereocenters. The number of pyridine rings is 3. The van der Waals surface area contributed by atoms with Crippen molar-refractivity contribution < 1.29 is 0 Å². The highest BCUT2D eigenvalue weighted by Crippen LogP contribution is 2.39. The fourth-order valence-electron chi connectivity index (χ4n) is 6.70. The molecule has 0 bridgehead atoms. The summed E-state index contributed by atoms with van der Waals surface area (Å²) in [5.41, 5.74) is 6.60. The first-order chi connectivity index (χ1) is 22.1. The number of aromatic nitrogens is 3. The van der Waals surface area contributed by atoms with Gasteiger partial charge in [0.25, 0.3) is 0 Å². The van der Waals surface area contributed by atoms with Crippen molar-refractivity contribution in [3.63, 3.8) is 0 Å². The fraction of sp³-hybridized carbons (Fsp3) is 0.625. The van der Waals surface area contributed by atoms with Crippen molar-refractivity contribution in [2.24, 2.45) is 11.8 Å². The Labute approximate surface area is 285 Å². The quantitative estimate of drug-likeness (QED) is 0.185. The first-order valence-electron chi connectivity index (χ1n) is 17.9. The van der Waals surface area contributed by atoms with Gasteiger partial charge in [-0.05, 0) is 114 Å². The van der Waals surface area contributed by atoms with Gasteiger partial charge in [0.05, 0.1) is 11.9 Å². The van der Waals surface area contributed by atoms with Gasteiger partial charge in [-0.1, -0.05) is 55.4 Å². The highest BCUT2D eigenvalue weighted by Gasteiger charge is 2.37. The molecule has 0 spiro atoms. The number of likely N-dealkylation sites (N-methyl/N-ethyl adjacent to an activating group) is 2. The molecule has 2 fully saturated rings. The van der Waals surface area contributed by atoms with Crippen molar-refractivity contribution >= 4 is 17.3 Å². The summed E-state index contributed by atoms with van der Waals surface area (Å²) in [6.45, 7) is 22.5. The Kier molecular flexibility index (Phi) is 10.5. The predicted octanol–water partition coefficient (Wildman–Crippen LogP) is 8.07. The van der Waals surface area contributed by atoms with Gasteiger partial charge in [-0.25, -0.2) is 9.97 Å². The second kappa shape index (κ2) is 14.1. The van der Waals surface area contributed by atoms with Crippen molar-refractivity contribution in [3.05, 3.63) is 71.3 Å². The molecule has 3 aromatic rings. The third-order valence-electron chi connectivity index (χ3n) is 10.4. The number of rotatable bonds is 14. The molecule has 0 amide bonds. The average Bonchev–Trinajstić information content (AvgIpc) is 3.73. The minimum atomic E-state index is -0.0367. The molecule has 0 saturated heterocycles. The topological polar surface area (TPSA) is 69.2 Å². The number of anilines is 3. The van der Waals surface area contributed by atoms with Crippen molar-refractivity contribution in [2.75, 3.05) is 55.8 Å². The first kappa shape index (κ1) is 35.1. The van der Waals surface area contributed by atoms with Gasteiger partial charge in [-0.3, -0.25) is 4.98 Å². The molecule has 2 N–H and O–H groups in total. The Bertz CT molecular complexity index is 1480. The Hall–Kier alpha value is -3.19. The van der Waals surface area contributed by atoms with Gasteiger partial charge in [0.2, 0.25) is 0 Å². The second-order valence-electron chi connectivity index (χ2n) is 17.2. The maximum Gasteiger partial charge on any atom is 0.126 e. The van der Waals surface area contributed by atoms with Crippen LogP contribution >= 0.6 is 0 Å². The Morgan fingerprint density at radius 1 is 0.809 bits per heavy atom. The number of hydrogen-bond acceptors (Lipinski definition) is 7. The molecular weight excluding hydrogens is 578 g/mol. The van der Waals surface area contributed by atoms with Gasteiger partial charge in [-0.2, -0.15) is 0 Å². The predicted molar refractivity (Wildman–Crippen MR) is 199 cm³/mol. The number of nitrogens with zero attached hydrogens (tertiary/aromatic N) is 5. The van der Waals surface area contributed by atoms with Crippen molar-refractivity contribution in [3.8, 4) is 0 Å². The van der Waals surface area contributed by atoms with Crippen LogP contribution in [0.25, 0.3) is 0 Å². The maximum atomic E-state index is 4.93. The van der Waals surface area contributed by atoms with Gasteiger partial charge in [0, 0.05) is 57.9 Å². The minimum absolute atomic E-state index is 0.0298. The summed E-state index contributed by atoms with van der Waals surface area (Å²) in [5.74, 6) is 3.45. The van der Waals surface area contributed by atoms with Crippen LogP contribution in [-0.4, -0.2) is 66.2 Å². The summed E-state index contributed by atoms with van der Waals surface area (Å²) >= 11 is 0. The van der Waals surface area contributed by atoms with E-state index < -0.39 is 0 Å². The summed E-state index contributed by atoms with van der Waals surface area (Å²) < 4.78 is 0. The molecule has 2 aliphatic rings. The van der Waals surface area contributed by atoms with Crippen LogP contribution in [-0.2, 0) is 22.7 Å².